The molecule has 2 aromatic carbocycles. The molecular formula is C25H30N2O5S. The number of carbonyl (C=O) groups is 2. The molecule has 0 radical (unpaired) electrons. The number of fused-ring (bicyclic) bond motifs is 1. The number of amides is 1. The summed E-state index contributed by atoms with van der Waals surface area (Å²) in [5.41, 5.74) is 2.39. The second kappa shape index (κ2) is 10.5. The number of benzene rings is 2. The van der Waals surface area contributed by atoms with E-state index >= 15 is 0 Å². The van der Waals surface area contributed by atoms with Gasteiger partial charge in [-0.15, -0.1) is 0 Å². The summed E-state index contributed by atoms with van der Waals surface area (Å²) in [5, 5.41) is 2.83. The molecule has 0 bridgehead atoms. The minimum absolute atomic E-state index is 0.128. The number of hydrogen-bond donors (Lipinski definition) is 1. The number of rotatable bonds is 7. The van der Waals surface area contributed by atoms with Crippen molar-refractivity contribution in [2.45, 2.75) is 50.0 Å². The van der Waals surface area contributed by atoms with Crippen LogP contribution in [0.2, 0.25) is 0 Å². The molecule has 2 aliphatic rings. The van der Waals surface area contributed by atoms with Crippen LogP contribution in [0, 0.1) is 5.92 Å². The molecule has 1 saturated carbocycles. The predicted octanol–water partition coefficient (Wildman–Crippen LogP) is 3.29. The van der Waals surface area contributed by atoms with Gasteiger partial charge in [0, 0.05) is 19.6 Å². The van der Waals surface area contributed by atoms with E-state index in [2.05, 4.69) is 5.32 Å². The SMILES string of the molecule is O=C(COC(=O)c1ccc(S(=O)(=O)N2CCc3ccccc3C2)cc1)NCC1CCCCC1. The largest absolute Gasteiger partial charge is 0.452 e. The third-order valence-corrected chi connectivity index (χ3v) is 8.33. The van der Waals surface area contributed by atoms with Crippen LogP contribution in [-0.4, -0.2) is 44.3 Å². The molecule has 2 aromatic rings. The molecule has 1 N–H and O–H groups in total. The molecule has 0 spiro atoms. The maximum Gasteiger partial charge on any atom is 0.338 e. The van der Waals surface area contributed by atoms with E-state index in [0.29, 0.717) is 32.0 Å². The highest BCUT2D eigenvalue weighted by Gasteiger charge is 2.28. The second-order valence-corrected chi connectivity index (χ2v) is 10.7. The van der Waals surface area contributed by atoms with Crippen molar-refractivity contribution in [1.29, 1.82) is 0 Å². The van der Waals surface area contributed by atoms with Crippen LogP contribution in [-0.2, 0) is 32.5 Å². The van der Waals surface area contributed by atoms with Crippen molar-refractivity contribution in [3.8, 4) is 0 Å². The number of nitrogens with one attached hydrogen (secondary N) is 1. The molecule has 0 saturated heterocycles. The lowest BCUT2D eigenvalue weighted by Crippen LogP contribution is -2.35. The Kier molecular flexibility index (Phi) is 7.45. The number of carbonyl (C=O) groups excluding carboxylic acids is 2. The van der Waals surface area contributed by atoms with Crippen molar-refractivity contribution >= 4 is 21.9 Å². The van der Waals surface area contributed by atoms with Crippen LogP contribution in [0.25, 0.3) is 0 Å². The molecule has 7 nitrogen and oxygen atoms in total. The van der Waals surface area contributed by atoms with Crippen molar-refractivity contribution in [3.63, 3.8) is 0 Å². The lowest BCUT2D eigenvalue weighted by Gasteiger charge is -2.28. The van der Waals surface area contributed by atoms with Gasteiger partial charge < -0.3 is 10.1 Å². The zero-order valence-electron chi connectivity index (χ0n) is 18.7. The highest BCUT2D eigenvalue weighted by Crippen LogP contribution is 2.25. The summed E-state index contributed by atoms with van der Waals surface area (Å²) in [6.07, 6.45) is 6.58. The summed E-state index contributed by atoms with van der Waals surface area (Å²) < 4.78 is 32.7. The zero-order chi connectivity index (χ0) is 23.3. The number of sulfonamides is 1. The van der Waals surface area contributed by atoms with Crippen molar-refractivity contribution in [2.24, 2.45) is 5.92 Å². The van der Waals surface area contributed by atoms with E-state index in [1.165, 1.54) is 53.4 Å². The number of ether oxygens (including phenoxy) is 1. The summed E-state index contributed by atoms with van der Waals surface area (Å²) in [6, 6.07) is 13.5. The molecule has 1 amide bonds. The Labute approximate surface area is 195 Å². The van der Waals surface area contributed by atoms with E-state index < -0.39 is 16.0 Å². The molecule has 0 atom stereocenters. The van der Waals surface area contributed by atoms with Gasteiger partial charge in [0.1, 0.15) is 0 Å². The Bertz CT molecular complexity index is 1090. The van der Waals surface area contributed by atoms with E-state index in [1.807, 2.05) is 24.3 Å². The summed E-state index contributed by atoms with van der Waals surface area (Å²) in [4.78, 5) is 24.4. The maximum atomic E-state index is 13.1. The van der Waals surface area contributed by atoms with Gasteiger partial charge in [-0.1, -0.05) is 43.5 Å². The molecule has 1 aliphatic heterocycles. The Balaban J connectivity index is 1.30. The van der Waals surface area contributed by atoms with Gasteiger partial charge in [0.05, 0.1) is 10.5 Å². The van der Waals surface area contributed by atoms with E-state index in [4.69, 9.17) is 4.74 Å². The van der Waals surface area contributed by atoms with Crippen molar-refractivity contribution in [2.75, 3.05) is 19.7 Å². The highest BCUT2D eigenvalue weighted by molar-refractivity contribution is 7.89. The van der Waals surface area contributed by atoms with Gasteiger partial charge in [-0.05, 0) is 60.6 Å². The quantitative estimate of drug-likeness (QED) is 0.627. The van der Waals surface area contributed by atoms with E-state index in [0.717, 1.165) is 18.4 Å². The third kappa shape index (κ3) is 5.81. The first-order chi connectivity index (χ1) is 15.9. The molecule has 0 aromatic heterocycles. The van der Waals surface area contributed by atoms with Crippen LogP contribution in [0.15, 0.2) is 53.4 Å². The van der Waals surface area contributed by atoms with E-state index in [1.54, 1.807) is 0 Å². The number of hydrogen-bond acceptors (Lipinski definition) is 5. The molecule has 4 rings (SSSR count). The summed E-state index contributed by atoms with van der Waals surface area (Å²) >= 11 is 0. The van der Waals surface area contributed by atoms with Crippen LogP contribution in [0.4, 0.5) is 0 Å². The Morgan fingerprint density at radius 2 is 1.67 bits per heavy atom. The second-order valence-electron chi connectivity index (χ2n) is 8.77. The third-order valence-electron chi connectivity index (χ3n) is 6.47. The van der Waals surface area contributed by atoms with Gasteiger partial charge in [-0.3, -0.25) is 4.79 Å². The van der Waals surface area contributed by atoms with Gasteiger partial charge in [0.15, 0.2) is 6.61 Å². The smallest absolute Gasteiger partial charge is 0.338 e. The molecule has 8 heteroatoms. The predicted molar refractivity (Wildman–Crippen MR) is 124 cm³/mol. The fourth-order valence-corrected chi connectivity index (χ4v) is 5.92. The van der Waals surface area contributed by atoms with Gasteiger partial charge >= 0.3 is 5.97 Å². The van der Waals surface area contributed by atoms with Gasteiger partial charge in [-0.2, -0.15) is 4.31 Å². The standard InChI is InChI=1S/C25H30N2O5S/c28-24(26-16-19-6-2-1-3-7-19)18-32-25(29)21-10-12-23(13-11-21)33(30,31)27-15-14-20-8-4-5-9-22(20)17-27/h4-5,8-13,19H,1-3,6-7,14-18H2,(H,26,28). The molecule has 1 heterocycles. The van der Waals surface area contributed by atoms with Crippen molar-refractivity contribution < 1.29 is 22.7 Å². The van der Waals surface area contributed by atoms with Crippen LogP contribution in [0.3, 0.4) is 0 Å². The minimum atomic E-state index is -3.67. The molecule has 0 unspecified atom stereocenters. The highest BCUT2D eigenvalue weighted by atomic mass is 32.2. The number of nitrogens with zero attached hydrogens (tertiary/aromatic N) is 1. The van der Waals surface area contributed by atoms with Crippen LogP contribution < -0.4 is 5.32 Å². The van der Waals surface area contributed by atoms with Crippen molar-refractivity contribution in [1.82, 2.24) is 9.62 Å². The Morgan fingerprint density at radius 3 is 2.39 bits per heavy atom. The topological polar surface area (TPSA) is 92.8 Å². The first-order valence-electron chi connectivity index (χ1n) is 11.5. The van der Waals surface area contributed by atoms with Gasteiger partial charge in [-0.25, -0.2) is 13.2 Å². The first kappa shape index (κ1) is 23.4. The molecule has 176 valence electrons. The lowest BCUT2D eigenvalue weighted by molar-refractivity contribution is -0.124. The normalized spacial score (nSPS) is 17.2. The van der Waals surface area contributed by atoms with E-state index in [-0.39, 0.29) is 23.0 Å². The Morgan fingerprint density at radius 1 is 0.970 bits per heavy atom. The number of esters is 1. The van der Waals surface area contributed by atoms with Crippen LogP contribution >= 0.6 is 0 Å². The fraction of sp³-hybridized carbons (Fsp3) is 0.440. The van der Waals surface area contributed by atoms with E-state index in [9.17, 15) is 18.0 Å². The van der Waals surface area contributed by atoms with Crippen molar-refractivity contribution in [3.05, 3.63) is 65.2 Å². The lowest BCUT2D eigenvalue weighted by atomic mass is 9.89. The minimum Gasteiger partial charge on any atom is -0.452 e. The Hall–Kier alpha value is -2.71. The summed E-state index contributed by atoms with van der Waals surface area (Å²) in [5.74, 6) is -0.474. The van der Waals surface area contributed by atoms with Crippen LogP contribution in [0.5, 0.6) is 0 Å². The molecule has 1 aliphatic carbocycles. The zero-order valence-corrected chi connectivity index (χ0v) is 19.5. The molecule has 33 heavy (non-hydrogen) atoms. The maximum absolute atomic E-state index is 13.1. The van der Waals surface area contributed by atoms with Crippen LogP contribution in [0.1, 0.15) is 53.6 Å². The average Bonchev–Trinajstić information content (AvgIpc) is 2.86. The average molecular weight is 471 g/mol. The van der Waals surface area contributed by atoms with Gasteiger partial charge in [0.25, 0.3) is 5.91 Å². The summed E-state index contributed by atoms with van der Waals surface area (Å²) in [6.45, 7) is 1.01. The van der Waals surface area contributed by atoms with Gasteiger partial charge in [0.2, 0.25) is 10.0 Å². The molecule has 1 fully saturated rings. The monoisotopic (exact) mass is 470 g/mol. The molecular weight excluding hydrogens is 440 g/mol. The fourth-order valence-electron chi connectivity index (χ4n) is 4.50. The summed E-state index contributed by atoms with van der Waals surface area (Å²) in [7, 11) is -3.67. The first-order valence-corrected chi connectivity index (χ1v) is 13.0.